The highest BCUT2D eigenvalue weighted by Gasteiger charge is 2.30. The lowest BCUT2D eigenvalue weighted by atomic mass is 10.0. The van der Waals surface area contributed by atoms with Crippen molar-refractivity contribution in [3.8, 4) is 11.5 Å². The molecule has 2 aliphatic rings. The maximum absolute atomic E-state index is 12.8. The molecule has 0 radical (unpaired) electrons. The minimum Gasteiger partial charge on any atom is -0.486 e. The fraction of sp³-hybridized carbons (Fsp3) is 0.409. The summed E-state index contributed by atoms with van der Waals surface area (Å²) in [6.07, 6.45) is 1.41. The Morgan fingerprint density at radius 2 is 1.93 bits per heavy atom. The van der Waals surface area contributed by atoms with Crippen molar-refractivity contribution in [2.75, 3.05) is 31.3 Å². The molecular weight excluding hydrogens is 374 g/mol. The summed E-state index contributed by atoms with van der Waals surface area (Å²) >= 11 is 1.49. The van der Waals surface area contributed by atoms with Crippen LogP contribution in [-0.2, 0) is 4.79 Å². The predicted octanol–water partition coefficient (Wildman–Crippen LogP) is 3.59. The van der Waals surface area contributed by atoms with Crippen LogP contribution in [0.5, 0.6) is 11.5 Å². The molecule has 2 aromatic carbocycles. The molecule has 0 aromatic heterocycles. The highest BCUT2D eigenvalue weighted by molar-refractivity contribution is 7.99. The van der Waals surface area contributed by atoms with Gasteiger partial charge in [-0.2, -0.15) is 0 Å². The van der Waals surface area contributed by atoms with E-state index < -0.39 is 6.10 Å². The largest absolute Gasteiger partial charge is 0.486 e. The quantitative estimate of drug-likeness (QED) is 0.804. The van der Waals surface area contributed by atoms with Crippen molar-refractivity contribution in [2.24, 2.45) is 0 Å². The predicted molar refractivity (Wildman–Crippen MR) is 110 cm³/mol. The molecule has 1 fully saturated rings. The Bertz CT molecular complexity index is 813. The van der Waals surface area contributed by atoms with Crippen molar-refractivity contribution in [3.63, 3.8) is 0 Å². The van der Waals surface area contributed by atoms with Crippen LogP contribution in [0.25, 0.3) is 0 Å². The Kier molecular flexibility index (Phi) is 6.07. The Balaban J connectivity index is 1.35. The van der Waals surface area contributed by atoms with Gasteiger partial charge in [-0.05, 0) is 36.1 Å². The molecule has 148 valence electrons. The van der Waals surface area contributed by atoms with Gasteiger partial charge in [0.2, 0.25) is 5.91 Å². The van der Waals surface area contributed by atoms with E-state index in [9.17, 15) is 9.90 Å². The molecule has 1 N–H and O–H groups in total. The van der Waals surface area contributed by atoms with Gasteiger partial charge in [-0.1, -0.05) is 36.4 Å². The first-order chi connectivity index (χ1) is 13.7. The van der Waals surface area contributed by atoms with Crippen LogP contribution in [0.2, 0.25) is 0 Å². The average molecular weight is 400 g/mol. The number of thioether (sulfide) groups is 1. The Hall–Kier alpha value is -2.18. The van der Waals surface area contributed by atoms with Crippen molar-refractivity contribution in [1.82, 2.24) is 4.90 Å². The van der Waals surface area contributed by atoms with Gasteiger partial charge in [-0.15, -0.1) is 11.8 Å². The molecule has 28 heavy (non-hydrogen) atoms. The molecule has 6 heteroatoms. The molecule has 0 spiro atoms. The van der Waals surface area contributed by atoms with Crippen molar-refractivity contribution >= 4 is 17.7 Å². The topological polar surface area (TPSA) is 59.0 Å². The Morgan fingerprint density at radius 3 is 2.75 bits per heavy atom. The van der Waals surface area contributed by atoms with E-state index >= 15 is 0 Å². The van der Waals surface area contributed by atoms with Gasteiger partial charge >= 0.3 is 0 Å². The van der Waals surface area contributed by atoms with E-state index in [0.717, 1.165) is 42.0 Å². The lowest BCUT2D eigenvalue weighted by Gasteiger charge is -2.27. The smallest absolute Gasteiger partial charge is 0.233 e. The first kappa shape index (κ1) is 19.2. The lowest BCUT2D eigenvalue weighted by molar-refractivity contribution is -0.129. The molecular formula is C22H25NO4S. The SMILES string of the molecule is O=C(CSCC(O)c1ccccc1)N1CCCC1c1ccc2c(c1)OCCO2. The summed E-state index contributed by atoms with van der Waals surface area (Å²) in [4.78, 5) is 14.8. The van der Waals surface area contributed by atoms with Gasteiger partial charge in [-0.25, -0.2) is 0 Å². The second-order valence-corrected chi connectivity index (χ2v) is 8.12. The summed E-state index contributed by atoms with van der Waals surface area (Å²) in [5.41, 5.74) is 1.99. The third-order valence-electron chi connectivity index (χ3n) is 5.21. The number of likely N-dealkylation sites (tertiary alicyclic amines) is 1. The summed E-state index contributed by atoms with van der Waals surface area (Å²) < 4.78 is 11.3. The third-order valence-corrected chi connectivity index (χ3v) is 6.21. The number of benzene rings is 2. The number of carbonyl (C=O) groups excluding carboxylic acids is 1. The lowest BCUT2D eigenvalue weighted by Crippen LogP contribution is -2.32. The second-order valence-electron chi connectivity index (χ2n) is 7.09. The molecule has 1 amide bonds. The van der Waals surface area contributed by atoms with Crippen LogP contribution in [0.15, 0.2) is 48.5 Å². The molecule has 2 heterocycles. The number of fused-ring (bicyclic) bond motifs is 1. The summed E-state index contributed by atoms with van der Waals surface area (Å²) in [7, 11) is 0. The monoisotopic (exact) mass is 399 g/mol. The van der Waals surface area contributed by atoms with Crippen LogP contribution in [0, 0.1) is 0 Å². The van der Waals surface area contributed by atoms with Gasteiger partial charge in [0.25, 0.3) is 0 Å². The molecule has 1 saturated heterocycles. The third kappa shape index (κ3) is 4.28. The van der Waals surface area contributed by atoms with Gasteiger partial charge in [-0.3, -0.25) is 4.79 Å². The van der Waals surface area contributed by atoms with E-state index in [1.807, 2.05) is 53.4 Å². The molecule has 2 aliphatic heterocycles. The standard InChI is InChI=1S/C22H25NO4S/c24-19(16-5-2-1-3-6-16)14-28-15-22(25)23-10-4-7-18(23)17-8-9-20-21(13-17)27-12-11-26-20/h1-3,5-6,8-9,13,18-19,24H,4,7,10-12,14-15H2. The van der Waals surface area contributed by atoms with Crippen molar-refractivity contribution in [2.45, 2.75) is 25.0 Å². The highest BCUT2D eigenvalue weighted by atomic mass is 32.2. The van der Waals surface area contributed by atoms with E-state index in [4.69, 9.17) is 9.47 Å². The highest BCUT2D eigenvalue weighted by Crippen LogP contribution is 2.38. The van der Waals surface area contributed by atoms with E-state index in [2.05, 4.69) is 0 Å². The molecule has 2 unspecified atom stereocenters. The average Bonchev–Trinajstić information content (AvgIpc) is 3.24. The van der Waals surface area contributed by atoms with Crippen LogP contribution in [-0.4, -0.2) is 47.2 Å². The summed E-state index contributed by atoms with van der Waals surface area (Å²) in [6, 6.07) is 15.6. The number of hydrogen-bond donors (Lipinski definition) is 1. The van der Waals surface area contributed by atoms with Gasteiger partial charge < -0.3 is 19.5 Å². The molecule has 5 nitrogen and oxygen atoms in total. The fourth-order valence-electron chi connectivity index (χ4n) is 3.79. The molecule has 2 atom stereocenters. The summed E-state index contributed by atoms with van der Waals surface area (Å²) in [5, 5.41) is 10.3. The van der Waals surface area contributed by atoms with Gasteiger partial charge in [0, 0.05) is 12.3 Å². The molecule has 4 rings (SSSR count). The maximum Gasteiger partial charge on any atom is 0.233 e. The number of ether oxygens (including phenoxy) is 2. The zero-order chi connectivity index (χ0) is 19.3. The zero-order valence-corrected chi connectivity index (χ0v) is 16.6. The molecule has 0 aliphatic carbocycles. The van der Waals surface area contributed by atoms with Crippen LogP contribution < -0.4 is 9.47 Å². The number of amides is 1. The summed E-state index contributed by atoms with van der Waals surface area (Å²) in [5.74, 6) is 2.56. The number of nitrogens with zero attached hydrogens (tertiary/aromatic N) is 1. The van der Waals surface area contributed by atoms with Crippen molar-refractivity contribution in [3.05, 3.63) is 59.7 Å². The Morgan fingerprint density at radius 1 is 1.14 bits per heavy atom. The number of carbonyl (C=O) groups is 1. The first-order valence-corrected chi connectivity index (χ1v) is 10.9. The normalized spacial score (nSPS) is 19.5. The van der Waals surface area contributed by atoms with E-state index in [1.165, 1.54) is 11.8 Å². The van der Waals surface area contributed by atoms with Crippen LogP contribution in [0.1, 0.15) is 36.1 Å². The van der Waals surface area contributed by atoms with Gasteiger partial charge in [0.15, 0.2) is 11.5 Å². The Labute approximate surface area is 169 Å². The van der Waals surface area contributed by atoms with E-state index in [0.29, 0.717) is 24.7 Å². The fourth-order valence-corrected chi connectivity index (χ4v) is 4.67. The molecule has 0 saturated carbocycles. The second kappa shape index (κ2) is 8.88. The van der Waals surface area contributed by atoms with E-state index in [-0.39, 0.29) is 11.9 Å². The molecule has 0 bridgehead atoms. The number of rotatable bonds is 6. The minimum absolute atomic E-state index is 0.0861. The van der Waals surface area contributed by atoms with Crippen LogP contribution in [0.4, 0.5) is 0 Å². The number of aliphatic hydroxyl groups excluding tert-OH is 1. The number of aliphatic hydroxyl groups is 1. The van der Waals surface area contributed by atoms with Crippen molar-refractivity contribution < 1.29 is 19.4 Å². The first-order valence-electron chi connectivity index (χ1n) is 9.72. The van der Waals surface area contributed by atoms with Gasteiger partial charge in [0.1, 0.15) is 13.2 Å². The van der Waals surface area contributed by atoms with E-state index in [1.54, 1.807) is 0 Å². The number of hydrogen-bond acceptors (Lipinski definition) is 5. The minimum atomic E-state index is -0.550. The van der Waals surface area contributed by atoms with Crippen LogP contribution in [0.3, 0.4) is 0 Å². The maximum atomic E-state index is 12.8. The van der Waals surface area contributed by atoms with Gasteiger partial charge in [0.05, 0.1) is 17.9 Å². The zero-order valence-electron chi connectivity index (χ0n) is 15.8. The summed E-state index contributed by atoms with van der Waals surface area (Å²) in [6.45, 7) is 1.91. The van der Waals surface area contributed by atoms with Crippen molar-refractivity contribution in [1.29, 1.82) is 0 Å². The van der Waals surface area contributed by atoms with Crippen LogP contribution >= 0.6 is 11.8 Å². The molecule has 2 aromatic rings.